The van der Waals surface area contributed by atoms with Crippen LogP contribution in [0.2, 0.25) is 0 Å². The van der Waals surface area contributed by atoms with Gasteiger partial charge in [0, 0.05) is 36.5 Å². The first-order valence-electron chi connectivity index (χ1n) is 8.39. The number of nitrogens with one attached hydrogen (secondary N) is 1. The summed E-state index contributed by atoms with van der Waals surface area (Å²) in [6.07, 6.45) is 8.06. The Kier molecular flexibility index (Phi) is 3.67. The van der Waals surface area contributed by atoms with Crippen LogP contribution in [0.1, 0.15) is 42.1 Å². The molecule has 2 aliphatic carbocycles. The summed E-state index contributed by atoms with van der Waals surface area (Å²) in [6, 6.07) is 11.6. The maximum atomic E-state index is 4.29. The first kappa shape index (κ1) is 13.9. The van der Waals surface area contributed by atoms with Crippen LogP contribution in [-0.2, 0) is 6.54 Å². The van der Waals surface area contributed by atoms with E-state index >= 15 is 0 Å². The fraction of sp³-hybridized carbons (Fsp3) is 0.474. The lowest BCUT2D eigenvalue weighted by Crippen LogP contribution is -2.54. The lowest BCUT2D eigenvalue weighted by molar-refractivity contribution is 0.0940. The van der Waals surface area contributed by atoms with E-state index < -0.39 is 0 Å². The summed E-state index contributed by atoms with van der Waals surface area (Å²) in [6.45, 7) is 2.80. The molecule has 0 saturated heterocycles. The molecule has 2 aliphatic rings. The summed E-state index contributed by atoms with van der Waals surface area (Å²) in [7, 11) is 0. The number of benzene rings is 1. The molecule has 4 rings (SSSR count). The van der Waals surface area contributed by atoms with Gasteiger partial charge in [0.2, 0.25) is 0 Å². The third-order valence-corrected chi connectivity index (χ3v) is 5.50. The SMILES string of the molecule is Cc1ncc(CN[C@H]2[C@@H]3CCC[C@@H]3[C@@H]2c2ccccc2)cn1. The number of rotatable bonds is 4. The van der Waals surface area contributed by atoms with Gasteiger partial charge < -0.3 is 5.32 Å². The van der Waals surface area contributed by atoms with Gasteiger partial charge in [0.15, 0.2) is 0 Å². The van der Waals surface area contributed by atoms with Gasteiger partial charge in [0.1, 0.15) is 5.82 Å². The number of hydrogen-bond acceptors (Lipinski definition) is 3. The van der Waals surface area contributed by atoms with Crippen LogP contribution in [0.3, 0.4) is 0 Å². The Bertz CT molecular complexity index is 623. The molecule has 0 aliphatic heterocycles. The molecule has 0 bridgehead atoms. The molecule has 0 spiro atoms. The monoisotopic (exact) mass is 293 g/mol. The Labute approximate surface area is 132 Å². The van der Waals surface area contributed by atoms with Gasteiger partial charge in [0.05, 0.1) is 0 Å². The summed E-state index contributed by atoms with van der Waals surface area (Å²) >= 11 is 0. The number of fused-ring (bicyclic) bond motifs is 1. The van der Waals surface area contributed by atoms with E-state index in [1.54, 1.807) is 0 Å². The molecule has 1 N–H and O–H groups in total. The average molecular weight is 293 g/mol. The Hall–Kier alpha value is -1.74. The molecule has 0 unspecified atom stereocenters. The molecule has 2 aromatic rings. The maximum Gasteiger partial charge on any atom is 0.125 e. The zero-order valence-corrected chi connectivity index (χ0v) is 13.1. The molecule has 1 heterocycles. The van der Waals surface area contributed by atoms with Gasteiger partial charge in [-0.25, -0.2) is 9.97 Å². The van der Waals surface area contributed by atoms with Crippen molar-refractivity contribution in [3.63, 3.8) is 0 Å². The van der Waals surface area contributed by atoms with E-state index in [9.17, 15) is 0 Å². The van der Waals surface area contributed by atoms with Crippen LogP contribution in [0.25, 0.3) is 0 Å². The Balaban J connectivity index is 1.48. The molecule has 4 atom stereocenters. The van der Waals surface area contributed by atoms with Crippen molar-refractivity contribution in [1.82, 2.24) is 15.3 Å². The van der Waals surface area contributed by atoms with Crippen molar-refractivity contribution in [3.8, 4) is 0 Å². The van der Waals surface area contributed by atoms with E-state index in [-0.39, 0.29) is 0 Å². The first-order chi connectivity index (χ1) is 10.8. The summed E-state index contributed by atoms with van der Waals surface area (Å²) in [5.74, 6) is 3.26. The van der Waals surface area contributed by atoms with Crippen molar-refractivity contribution < 1.29 is 0 Å². The molecule has 1 aromatic heterocycles. The van der Waals surface area contributed by atoms with Gasteiger partial charge in [-0.2, -0.15) is 0 Å². The van der Waals surface area contributed by atoms with Crippen molar-refractivity contribution in [2.24, 2.45) is 11.8 Å². The van der Waals surface area contributed by atoms with Crippen molar-refractivity contribution in [1.29, 1.82) is 0 Å². The minimum absolute atomic E-state index is 0.608. The van der Waals surface area contributed by atoms with Crippen molar-refractivity contribution in [2.75, 3.05) is 0 Å². The topological polar surface area (TPSA) is 37.8 Å². The first-order valence-corrected chi connectivity index (χ1v) is 8.39. The van der Waals surface area contributed by atoms with Gasteiger partial charge in [-0.15, -0.1) is 0 Å². The van der Waals surface area contributed by atoms with Crippen LogP contribution in [0.15, 0.2) is 42.7 Å². The minimum Gasteiger partial charge on any atom is -0.309 e. The highest BCUT2D eigenvalue weighted by molar-refractivity contribution is 5.28. The molecule has 1 aromatic carbocycles. The van der Waals surface area contributed by atoms with Crippen molar-refractivity contribution in [2.45, 2.75) is 44.7 Å². The largest absolute Gasteiger partial charge is 0.309 e. The number of aromatic nitrogens is 2. The molecule has 2 fully saturated rings. The Morgan fingerprint density at radius 3 is 2.55 bits per heavy atom. The average Bonchev–Trinajstić information content (AvgIpc) is 2.94. The second-order valence-corrected chi connectivity index (χ2v) is 6.74. The smallest absolute Gasteiger partial charge is 0.125 e. The zero-order chi connectivity index (χ0) is 14.9. The quantitative estimate of drug-likeness (QED) is 0.938. The summed E-state index contributed by atoms with van der Waals surface area (Å²) < 4.78 is 0. The number of hydrogen-bond donors (Lipinski definition) is 1. The lowest BCUT2D eigenvalue weighted by atomic mass is 9.60. The molecule has 114 valence electrons. The third-order valence-electron chi connectivity index (χ3n) is 5.50. The van der Waals surface area contributed by atoms with Crippen LogP contribution in [0.5, 0.6) is 0 Å². The Morgan fingerprint density at radius 1 is 1.05 bits per heavy atom. The fourth-order valence-corrected chi connectivity index (χ4v) is 4.45. The molecule has 0 radical (unpaired) electrons. The Morgan fingerprint density at radius 2 is 1.77 bits per heavy atom. The predicted octanol–water partition coefficient (Wildman–Crippen LogP) is 3.46. The molecule has 2 saturated carbocycles. The number of nitrogens with zero attached hydrogens (tertiary/aromatic N) is 2. The van der Waals surface area contributed by atoms with E-state index in [2.05, 4.69) is 45.6 Å². The normalized spacial score (nSPS) is 29.9. The van der Waals surface area contributed by atoms with Crippen LogP contribution < -0.4 is 5.32 Å². The van der Waals surface area contributed by atoms with Crippen LogP contribution >= 0.6 is 0 Å². The van der Waals surface area contributed by atoms with E-state index in [4.69, 9.17) is 0 Å². The van der Waals surface area contributed by atoms with Crippen LogP contribution in [-0.4, -0.2) is 16.0 Å². The predicted molar refractivity (Wildman–Crippen MR) is 87.4 cm³/mol. The van der Waals surface area contributed by atoms with Crippen molar-refractivity contribution in [3.05, 3.63) is 59.7 Å². The second kappa shape index (κ2) is 5.81. The maximum absolute atomic E-state index is 4.29. The zero-order valence-electron chi connectivity index (χ0n) is 13.1. The van der Waals surface area contributed by atoms with Crippen molar-refractivity contribution >= 4 is 0 Å². The summed E-state index contributed by atoms with van der Waals surface area (Å²) in [4.78, 5) is 8.59. The standard InChI is InChI=1S/C19H23N3/c1-13-20-10-14(11-21-13)12-22-19-17-9-5-8-16(17)18(19)15-6-3-2-4-7-15/h2-4,6-7,10-11,16-19,22H,5,8-9,12H2,1H3/t16-,17+,18-,19-/m0/s1. The van der Waals surface area contributed by atoms with Gasteiger partial charge in [-0.1, -0.05) is 36.8 Å². The van der Waals surface area contributed by atoms with E-state index in [1.807, 2.05) is 19.3 Å². The molecular weight excluding hydrogens is 270 g/mol. The van der Waals surface area contributed by atoms with E-state index in [0.717, 1.165) is 24.2 Å². The lowest BCUT2D eigenvalue weighted by Gasteiger charge is -2.50. The minimum atomic E-state index is 0.608. The van der Waals surface area contributed by atoms with Crippen LogP contribution in [0.4, 0.5) is 0 Å². The highest BCUT2D eigenvalue weighted by Crippen LogP contribution is 2.55. The summed E-state index contributed by atoms with van der Waals surface area (Å²) in [5, 5.41) is 3.79. The third kappa shape index (κ3) is 2.44. The second-order valence-electron chi connectivity index (χ2n) is 6.74. The van der Waals surface area contributed by atoms with Gasteiger partial charge in [-0.3, -0.25) is 0 Å². The van der Waals surface area contributed by atoms with Gasteiger partial charge in [0.25, 0.3) is 0 Å². The highest BCUT2D eigenvalue weighted by Gasteiger charge is 2.52. The molecule has 3 heteroatoms. The van der Waals surface area contributed by atoms with Gasteiger partial charge >= 0.3 is 0 Å². The van der Waals surface area contributed by atoms with E-state index in [1.165, 1.54) is 30.4 Å². The van der Waals surface area contributed by atoms with Gasteiger partial charge in [-0.05, 0) is 37.2 Å². The highest BCUT2D eigenvalue weighted by atomic mass is 15.0. The summed E-state index contributed by atoms with van der Waals surface area (Å²) in [5.41, 5.74) is 2.68. The molecular formula is C19H23N3. The van der Waals surface area contributed by atoms with E-state index in [0.29, 0.717) is 12.0 Å². The van der Waals surface area contributed by atoms with Crippen LogP contribution in [0, 0.1) is 18.8 Å². The fourth-order valence-electron chi connectivity index (χ4n) is 4.45. The number of aryl methyl sites for hydroxylation is 1. The molecule has 3 nitrogen and oxygen atoms in total. The molecule has 22 heavy (non-hydrogen) atoms. The molecule has 0 amide bonds.